The molecule has 1 fully saturated rings. The van der Waals surface area contributed by atoms with Gasteiger partial charge in [-0.25, -0.2) is 0 Å². The van der Waals surface area contributed by atoms with Crippen molar-refractivity contribution in [2.24, 2.45) is 0 Å². The minimum absolute atomic E-state index is 0.0620. The Morgan fingerprint density at radius 1 is 1.40 bits per heavy atom. The first-order valence-electron chi connectivity index (χ1n) is 6.77. The zero-order valence-electron chi connectivity index (χ0n) is 11.7. The molecule has 1 unspecified atom stereocenters. The van der Waals surface area contributed by atoms with Crippen LogP contribution in [0.4, 0.5) is 11.4 Å². The monoisotopic (exact) mass is 270 g/mol. The standard InChI is InChI=1S/C15H18N4O/c1-9-7-11-12(8-18-9)13(16)3-4-14(11)19-6-5-17-15(20)10(19)2/h3-4,7-8,10H,5-6,16H2,1-2H3,(H,17,20). The molecule has 0 bridgehead atoms. The van der Waals surface area contributed by atoms with Gasteiger partial charge in [0.1, 0.15) is 6.04 Å². The number of pyridine rings is 1. The number of nitrogens with two attached hydrogens (primary N) is 1. The van der Waals surface area contributed by atoms with Crippen molar-refractivity contribution in [3.63, 3.8) is 0 Å². The van der Waals surface area contributed by atoms with Gasteiger partial charge in [0.2, 0.25) is 5.91 Å². The summed E-state index contributed by atoms with van der Waals surface area (Å²) in [5.74, 6) is 0.0620. The van der Waals surface area contributed by atoms with Crippen molar-refractivity contribution >= 4 is 28.1 Å². The zero-order valence-corrected chi connectivity index (χ0v) is 11.7. The van der Waals surface area contributed by atoms with Crippen molar-refractivity contribution in [2.75, 3.05) is 23.7 Å². The molecule has 3 N–H and O–H groups in total. The smallest absolute Gasteiger partial charge is 0.242 e. The maximum absolute atomic E-state index is 11.9. The van der Waals surface area contributed by atoms with Gasteiger partial charge in [-0.05, 0) is 32.0 Å². The average molecular weight is 270 g/mol. The number of anilines is 2. The van der Waals surface area contributed by atoms with E-state index in [0.717, 1.165) is 28.7 Å². The molecule has 0 spiro atoms. The second-order valence-corrected chi connectivity index (χ2v) is 5.21. The minimum Gasteiger partial charge on any atom is -0.398 e. The number of amides is 1. The molecule has 1 amide bonds. The van der Waals surface area contributed by atoms with E-state index in [2.05, 4.69) is 15.2 Å². The van der Waals surface area contributed by atoms with Crippen molar-refractivity contribution in [2.45, 2.75) is 19.9 Å². The number of rotatable bonds is 1. The van der Waals surface area contributed by atoms with Crippen molar-refractivity contribution in [3.8, 4) is 0 Å². The van der Waals surface area contributed by atoms with Gasteiger partial charge >= 0.3 is 0 Å². The summed E-state index contributed by atoms with van der Waals surface area (Å²) in [5.41, 5.74) is 8.73. The number of benzene rings is 1. The molecule has 1 aromatic carbocycles. The van der Waals surface area contributed by atoms with Crippen LogP contribution in [0.5, 0.6) is 0 Å². The third kappa shape index (κ3) is 1.95. The normalized spacial score (nSPS) is 19.2. The number of hydrogen-bond acceptors (Lipinski definition) is 4. The van der Waals surface area contributed by atoms with E-state index in [1.54, 1.807) is 6.20 Å². The van der Waals surface area contributed by atoms with Crippen LogP contribution >= 0.6 is 0 Å². The quantitative estimate of drug-likeness (QED) is 0.769. The number of piperazine rings is 1. The molecule has 5 nitrogen and oxygen atoms in total. The Balaban J connectivity index is 2.18. The van der Waals surface area contributed by atoms with E-state index in [4.69, 9.17) is 5.73 Å². The van der Waals surface area contributed by atoms with Crippen molar-refractivity contribution in [1.29, 1.82) is 0 Å². The Kier molecular flexibility index (Phi) is 2.97. The van der Waals surface area contributed by atoms with Crippen LogP contribution < -0.4 is 16.0 Å². The molecular weight excluding hydrogens is 252 g/mol. The van der Waals surface area contributed by atoms with E-state index in [0.29, 0.717) is 12.2 Å². The van der Waals surface area contributed by atoms with Gasteiger partial charge in [0.15, 0.2) is 0 Å². The van der Waals surface area contributed by atoms with Gasteiger partial charge in [0.25, 0.3) is 0 Å². The van der Waals surface area contributed by atoms with E-state index in [-0.39, 0.29) is 11.9 Å². The number of nitrogen functional groups attached to an aromatic ring is 1. The lowest BCUT2D eigenvalue weighted by Crippen LogP contribution is -2.54. The highest BCUT2D eigenvalue weighted by molar-refractivity contribution is 6.02. The molecule has 0 radical (unpaired) electrons. The molecule has 0 saturated carbocycles. The van der Waals surface area contributed by atoms with Crippen LogP contribution in [0.3, 0.4) is 0 Å². The summed E-state index contributed by atoms with van der Waals surface area (Å²) in [5, 5.41) is 4.88. The number of carbonyl (C=O) groups is 1. The fraction of sp³-hybridized carbons (Fsp3) is 0.333. The number of nitrogens with zero attached hydrogens (tertiary/aromatic N) is 2. The third-order valence-electron chi connectivity index (χ3n) is 3.86. The zero-order chi connectivity index (χ0) is 14.3. The van der Waals surface area contributed by atoms with Gasteiger partial charge in [-0.2, -0.15) is 0 Å². The summed E-state index contributed by atoms with van der Waals surface area (Å²) >= 11 is 0. The van der Waals surface area contributed by atoms with Crippen LogP contribution in [0.15, 0.2) is 24.4 Å². The first-order valence-corrected chi connectivity index (χ1v) is 6.77. The van der Waals surface area contributed by atoms with Crippen LogP contribution in [0.1, 0.15) is 12.6 Å². The Morgan fingerprint density at radius 3 is 3.00 bits per heavy atom. The predicted molar refractivity (Wildman–Crippen MR) is 80.7 cm³/mol. The molecule has 5 heteroatoms. The fourth-order valence-electron chi connectivity index (χ4n) is 2.71. The lowest BCUT2D eigenvalue weighted by molar-refractivity contribution is -0.122. The summed E-state index contributed by atoms with van der Waals surface area (Å²) in [6, 6.07) is 5.73. The average Bonchev–Trinajstić information content (AvgIpc) is 2.43. The Morgan fingerprint density at radius 2 is 2.20 bits per heavy atom. The summed E-state index contributed by atoms with van der Waals surface area (Å²) in [4.78, 5) is 18.3. The highest BCUT2D eigenvalue weighted by atomic mass is 16.2. The van der Waals surface area contributed by atoms with Gasteiger partial charge in [0.05, 0.1) is 0 Å². The van der Waals surface area contributed by atoms with Crippen molar-refractivity contribution in [1.82, 2.24) is 10.3 Å². The SMILES string of the molecule is Cc1cc2c(N3CCNC(=O)C3C)ccc(N)c2cn1. The highest BCUT2D eigenvalue weighted by Crippen LogP contribution is 2.32. The number of carbonyl (C=O) groups excluding carboxylic acids is 1. The van der Waals surface area contributed by atoms with E-state index >= 15 is 0 Å². The molecule has 1 saturated heterocycles. The van der Waals surface area contributed by atoms with Crippen molar-refractivity contribution < 1.29 is 4.79 Å². The summed E-state index contributed by atoms with van der Waals surface area (Å²) < 4.78 is 0. The largest absolute Gasteiger partial charge is 0.398 e. The molecule has 1 aliphatic heterocycles. The van der Waals surface area contributed by atoms with Crippen molar-refractivity contribution in [3.05, 3.63) is 30.1 Å². The number of hydrogen-bond donors (Lipinski definition) is 2. The molecule has 3 rings (SSSR count). The summed E-state index contributed by atoms with van der Waals surface area (Å²) in [7, 11) is 0. The van der Waals surface area contributed by atoms with E-state index in [1.165, 1.54) is 0 Å². The van der Waals surface area contributed by atoms with Crippen LogP contribution in [-0.4, -0.2) is 30.0 Å². The van der Waals surface area contributed by atoms with E-state index in [9.17, 15) is 4.79 Å². The first-order chi connectivity index (χ1) is 9.58. The van der Waals surface area contributed by atoms with E-state index < -0.39 is 0 Å². The topological polar surface area (TPSA) is 71.2 Å². The Labute approximate surface area is 117 Å². The second kappa shape index (κ2) is 4.67. The number of nitrogens with one attached hydrogen (secondary N) is 1. The van der Waals surface area contributed by atoms with Crippen LogP contribution in [0, 0.1) is 6.92 Å². The Bertz CT molecular complexity index is 683. The van der Waals surface area contributed by atoms with Gasteiger partial charge in [0, 0.05) is 47.1 Å². The van der Waals surface area contributed by atoms with Gasteiger partial charge in [-0.15, -0.1) is 0 Å². The lowest BCUT2D eigenvalue weighted by Gasteiger charge is -2.35. The summed E-state index contributed by atoms with van der Waals surface area (Å²) in [6.07, 6.45) is 1.80. The lowest BCUT2D eigenvalue weighted by atomic mass is 10.0. The summed E-state index contributed by atoms with van der Waals surface area (Å²) in [6.45, 7) is 5.34. The second-order valence-electron chi connectivity index (χ2n) is 5.21. The van der Waals surface area contributed by atoms with Crippen LogP contribution in [0.2, 0.25) is 0 Å². The van der Waals surface area contributed by atoms with Gasteiger partial charge in [-0.1, -0.05) is 0 Å². The third-order valence-corrected chi connectivity index (χ3v) is 3.86. The predicted octanol–water partition coefficient (Wildman–Crippen LogP) is 1.45. The number of fused-ring (bicyclic) bond motifs is 1. The molecule has 20 heavy (non-hydrogen) atoms. The minimum atomic E-state index is -0.177. The first kappa shape index (κ1) is 12.7. The molecule has 104 valence electrons. The Hall–Kier alpha value is -2.30. The van der Waals surface area contributed by atoms with Crippen LogP contribution in [0.25, 0.3) is 10.8 Å². The van der Waals surface area contributed by atoms with Crippen LogP contribution in [-0.2, 0) is 4.79 Å². The maximum Gasteiger partial charge on any atom is 0.242 e. The van der Waals surface area contributed by atoms with Gasteiger partial charge < -0.3 is 16.0 Å². The molecule has 2 heterocycles. The molecule has 2 aromatic rings. The number of aromatic nitrogens is 1. The number of aryl methyl sites for hydroxylation is 1. The molecular formula is C15H18N4O. The highest BCUT2D eigenvalue weighted by Gasteiger charge is 2.26. The molecule has 0 aliphatic carbocycles. The maximum atomic E-state index is 11.9. The van der Waals surface area contributed by atoms with E-state index in [1.807, 2.05) is 32.0 Å². The van der Waals surface area contributed by atoms with Gasteiger partial charge in [-0.3, -0.25) is 9.78 Å². The molecule has 1 aliphatic rings. The molecule has 1 aromatic heterocycles. The fourth-order valence-corrected chi connectivity index (χ4v) is 2.71. The molecule has 1 atom stereocenters.